The van der Waals surface area contributed by atoms with Gasteiger partial charge in [-0.25, -0.2) is 8.78 Å². The molecular formula is C11H13F2NS. The Morgan fingerprint density at radius 2 is 2.13 bits per heavy atom. The molecule has 0 saturated carbocycles. The summed E-state index contributed by atoms with van der Waals surface area (Å²) < 4.78 is 25.8. The zero-order chi connectivity index (χ0) is 11.3. The van der Waals surface area contributed by atoms with Crippen LogP contribution in [0.25, 0.3) is 0 Å². The molecule has 0 aliphatic carbocycles. The normalized spacial score (nSPS) is 10.1. The monoisotopic (exact) mass is 229 g/mol. The van der Waals surface area contributed by atoms with Crippen LogP contribution in [0.3, 0.4) is 0 Å². The second kappa shape index (κ2) is 5.75. The van der Waals surface area contributed by atoms with Crippen molar-refractivity contribution in [3.8, 4) is 0 Å². The van der Waals surface area contributed by atoms with E-state index >= 15 is 0 Å². The van der Waals surface area contributed by atoms with Crippen molar-refractivity contribution >= 4 is 22.9 Å². The van der Waals surface area contributed by atoms with E-state index in [4.69, 9.17) is 12.2 Å². The maximum Gasteiger partial charge on any atom is 0.149 e. The molecule has 82 valence electrons. The Kier molecular flexibility index (Phi) is 4.62. The first kappa shape index (κ1) is 12.0. The molecule has 1 N–H and O–H groups in total. The largest absolute Gasteiger partial charge is 0.348 e. The number of hydrogen-bond acceptors (Lipinski definition) is 1. The molecule has 0 fully saturated rings. The van der Waals surface area contributed by atoms with Crippen LogP contribution >= 0.6 is 12.2 Å². The first-order valence-corrected chi connectivity index (χ1v) is 5.29. The summed E-state index contributed by atoms with van der Waals surface area (Å²) in [7, 11) is 0. The molecule has 0 radical (unpaired) electrons. The van der Waals surface area contributed by atoms with Gasteiger partial charge in [-0.3, -0.25) is 0 Å². The highest BCUT2D eigenvalue weighted by molar-refractivity contribution is 7.80. The fraction of sp³-hybridized carbons (Fsp3) is 0.364. The van der Waals surface area contributed by atoms with Crippen LogP contribution in [-0.4, -0.2) is 4.99 Å². The van der Waals surface area contributed by atoms with Gasteiger partial charge in [0.25, 0.3) is 0 Å². The van der Waals surface area contributed by atoms with Crippen LogP contribution in [0.15, 0.2) is 18.2 Å². The highest BCUT2D eigenvalue weighted by Gasteiger charge is 2.04. The first-order valence-electron chi connectivity index (χ1n) is 4.88. The summed E-state index contributed by atoms with van der Waals surface area (Å²) in [5, 5.41) is 2.76. The standard InChI is InChI=1S/C11H13F2NS/c1-2-3-4-11(15)14-10-6-5-8(12)7-9(10)13/h5-7H,2-4H2,1H3,(H,14,15). The lowest BCUT2D eigenvalue weighted by atomic mass is 10.2. The van der Waals surface area contributed by atoms with Crippen molar-refractivity contribution in [1.29, 1.82) is 0 Å². The minimum atomic E-state index is -0.617. The van der Waals surface area contributed by atoms with Gasteiger partial charge in [-0.05, 0) is 25.0 Å². The molecule has 1 rings (SSSR count). The summed E-state index contributed by atoms with van der Waals surface area (Å²) in [6.07, 6.45) is 2.73. The third-order valence-corrected chi connectivity index (χ3v) is 2.27. The van der Waals surface area contributed by atoms with Crippen LogP contribution in [0.1, 0.15) is 26.2 Å². The zero-order valence-electron chi connectivity index (χ0n) is 8.52. The van der Waals surface area contributed by atoms with E-state index in [1.807, 2.05) is 0 Å². The van der Waals surface area contributed by atoms with Gasteiger partial charge in [-0.2, -0.15) is 0 Å². The fourth-order valence-corrected chi connectivity index (χ4v) is 1.40. The van der Waals surface area contributed by atoms with E-state index in [1.165, 1.54) is 12.1 Å². The third kappa shape index (κ3) is 3.91. The highest BCUT2D eigenvalue weighted by Crippen LogP contribution is 2.15. The van der Waals surface area contributed by atoms with Gasteiger partial charge in [-0.1, -0.05) is 25.6 Å². The van der Waals surface area contributed by atoms with E-state index < -0.39 is 11.6 Å². The molecule has 0 saturated heterocycles. The van der Waals surface area contributed by atoms with E-state index in [2.05, 4.69) is 12.2 Å². The Balaban J connectivity index is 2.60. The van der Waals surface area contributed by atoms with Gasteiger partial charge in [0, 0.05) is 6.07 Å². The molecule has 0 spiro atoms. The second-order valence-corrected chi connectivity index (χ2v) is 3.77. The van der Waals surface area contributed by atoms with Crippen LogP contribution in [-0.2, 0) is 0 Å². The lowest BCUT2D eigenvalue weighted by Crippen LogP contribution is -2.09. The molecule has 1 nitrogen and oxygen atoms in total. The number of hydrogen-bond donors (Lipinski definition) is 1. The Morgan fingerprint density at radius 3 is 2.73 bits per heavy atom. The van der Waals surface area contributed by atoms with Crippen molar-refractivity contribution in [2.75, 3.05) is 5.32 Å². The second-order valence-electron chi connectivity index (χ2n) is 3.28. The topological polar surface area (TPSA) is 12.0 Å². The van der Waals surface area contributed by atoms with Crippen LogP contribution in [0.2, 0.25) is 0 Å². The Morgan fingerprint density at radius 1 is 1.40 bits per heavy atom. The Labute approximate surface area is 93.5 Å². The molecule has 1 aromatic carbocycles. The lowest BCUT2D eigenvalue weighted by Gasteiger charge is -2.08. The number of rotatable bonds is 4. The van der Waals surface area contributed by atoms with Gasteiger partial charge in [-0.15, -0.1) is 0 Å². The van der Waals surface area contributed by atoms with E-state index in [0.29, 0.717) is 4.99 Å². The maximum atomic E-state index is 13.2. The van der Waals surface area contributed by atoms with Crippen molar-refractivity contribution < 1.29 is 8.78 Å². The van der Waals surface area contributed by atoms with Crippen LogP contribution < -0.4 is 5.32 Å². The van der Waals surface area contributed by atoms with Gasteiger partial charge in [0.05, 0.1) is 10.7 Å². The summed E-state index contributed by atoms with van der Waals surface area (Å²) in [6.45, 7) is 2.06. The summed E-state index contributed by atoms with van der Waals surface area (Å²) >= 11 is 5.02. The van der Waals surface area contributed by atoms with Crippen molar-refractivity contribution in [1.82, 2.24) is 0 Å². The molecule has 15 heavy (non-hydrogen) atoms. The highest BCUT2D eigenvalue weighted by atomic mass is 32.1. The number of unbranched alkanes of at least 4 members (excludes halogenated alkanes) is 1. The molecule has 0 aliphatic rings. The van der Waals surface area contributed by atoms with Gasteiger partial charge in [0.1, 0.15) is 11.6 Å². The predicted molar refractivity (Wildman–Crippen MR) is 62.1 cm³/mol. The smallest absolute Gasteiger partial charge is 0.149 e. The zero-order valence-corrected chi connectivity index (χ0v) is 9.33. The average Bonchev–Trinajstić information content (AvgIpc) is 2.19. The fourth-order valence-electron chi connectivity index (χ4n) is 1.14. The lowest BCUT2D eigenvalue weighted by molar-refractivity contribution is 0.586. The molecule has 0 aliphatic heterocycles. The van der Waals surface area contributed by atoms with Gasteiger partial charge in [0.2, 0.25) is 0 Å². The maximum absolute atomic E-state index is 13.2. The summed E-state index contributed by atoms with van der Waals surface area (Å²) in [5.74, 6) is -1.20. The Bertz CT molecular complexity index is 352. The van der Waals surface area contributed by atoms with Crippen LogP contribution in [0.5, 0.6) is 0 Å². The molecule has 0 bridgehead atoms. The summed E-state index contributed by atoms with van der Waals surface area (Å²) in [5.41, 5.74) is 0.234. The quantitative estimate of drug-likeness (QED) is 0.786. The van der Waals surface area contributed by atoms with Gasteiger partial charge < -0.3 is 5.32 Å². The first-order chi connectivity index (χ1) is 7.13. The van der Waals surface area contributed by atoms with E-state index in [1.54, 1.807) is 0 Å². The molecule has 0 amide bonds. The summed E-state index contributed by atoms with van der Waals surface area (Å²) in [4.78, 5) is 0.586. The van der Waals surface area contributed by atoms with Crippen molar-refractivity contribution in [2.24, 2.45) is 0 Å². The van der Waals surface area contributed by atoms with E-state index in [-0.39, 0.29) is 5.69 Å². The molecule has 4 heteroatoms. The van der Waals surface area contributed by atoms with E-state index in [9.17, 15) is 8.78 Å². The number of halogens is 2. The number of thiocarbonyl (C=S) groups is 1. The minimum Gasteiger partial charge on any atom is -0.348 e. The number of nitrogens with one attached hydrogen (secondary N) is 1. The predicted octanol–water partition coefficient (Wildman–Crippen LogP) is 3.89. The number of benzene rings is 1. The van der Waals surface area contributed by atoms with Gasteiger partial charge in [0.15, 0.2) is 0 Å². The number of anilines is 1. The minimum absolute atomic E-state index is 0.234. The average molecular weight is 229 g/mol. The third-order valence-electron chi connectivity index (χ3n) is 1.96. The van der Waals surface area contributed by atoms with E-state index in [0.717, 1.165) is 25.3 Å². The van der Waals surface area contributed by atoms with Crippen molar-refractivity contribution in [3.05, 3.63) is 29.8 Å². The molecular weight excluding hydrogens is 216 g/mol. The Hall–Kier alpha value is -1.03. The molecule has 0 heterocycles. The molecule has 1 aromatic rings. The van der Waals surface area contributed by atoms with Crippen molar-refractivity contribution in [3.63, 3.8) is 0 Å². The SMILES string of the molecule is CCCCC(=S)Nc1ccc(F)cc1F. The van der Waals surface area contributed by atoms with Crippen molar-refractivity contribution in [2.45, 2.75) is 26.2 Å². The molecule has 0 unspecified atom stereocenters. The molecule has 0 atom stereocenters. The molecule has 0 aromatic heterocycles. The summed E-state index contributed by atoms with van der Waals surface area (Å²) in [6, 6.07) is 3.39. The van der Waals surface area contributed by atoms with Gasteiger partial charge >= 0.3 is 0 Å². The van der Waals surface area contributed by atoms with Crippen LogP contribution in [0.4, 0.5) is 14.5 Å². The van der Waals surface area contributed by atoms with Crippen LogP contribution in [0, 0.1) is 11.6 Å².